The molecule has 0 bridgehead atoms. The normalized spacial score (nSPS) is 24.4. The highest BCUT2D eigenvalue weighted by atomic mass is 32.2. The van der Waals surface area contributed by atoms with Crippen molar-refractivity contribution in [2.24, 2.45) is 0 Å². The highest BCUT2D eigenvalue weighted by Gasteiger charge is 2.32. The smallest absolute Gasteiger partial charge is 0.159 e. The molecule has 0 spiro atoms. The van der Waals surface area contributed by atoms with Gasteiger partial charge in [0.05, 0.1) is 5.75 Å². The molecule has 1 N–H and O–H groups in total. The van der Waals surface area contributed by atoms with Crippen LogP contribution in [0.1, 0.15) is 34.5 Å². The second-order valence-electron chi connectivity index (χ2n) is 3.92. The number of sulfone groups is 1. The van der Waals surface area contributed by atoms with Crippen molar-refractivity contribution in [3.63, 3.8) is 0 Å². The van der Waals surface area contributed by atoms with Gasteiger partial charge in [0.25, 0.3) is 0 Å². The molecular weight excluding hydrogens is 246 g/mol. The standard InChI is InChI=1S/C9H15N3O2S2/c1-10-6-8-11-12-9(15-8)7-4-2-3-5-16(7,13)14/h7,10H,2-6H2,1H3. The van der Waals surface area contributed by atoms with Gasteiger partial charge in [-0.05, 0) is 19.9 Å². The van der Waals surface area contributed by atoms with Gasteiger partial charge in [-0.1, -0.05) is 17.8 Å². The molecule has 90 valence electrons. The lowest BCUT2D eigenvalue weighted by Gasteiger charge is -2.19. The van der Waals surface area contributed by atoms with Gasteiger partial charge >= 0.3 is 0 Å². The summed E-state index contributed by atoms with van der Waals surface area (Å²) in [5, 5.41) is 12.1. The Morgan fingerprint density at radius 3 is 2.94 bits per heavy atom. The van der Waals surface area contributed by atoms with Crippen LogP contribution in [0.25, 0.3) is 0 Å². The third-order valence-electron chi connectivity index (χ3n) is 2.66. The van der Waals surface area contributed by atoms with Crippen LogP contribution in [-0.4, -0.2) is 31.4 Å². The van der Waals surface area contributed by atoms with E-state index in [2.05, 4.69) is 15.5 Å². The van der Waals surface area contributed by atoms with Crippen LogP contribution in [0.15, 0.2) is 0 Å². The third kappa shape index (κ3) is 2.41. The van der Waals surface area contributed by atoms with Crippen molar-refractivity contribution in [3.8, 4) is 0 Å². The lowest BCUT2D eigenvalue weighted by atomic mass is 10.2. The zero-order valence-corrected chi connectivity index (χ0v) is 10.8. The quantitative estimate of drug-likeness (QED) is 0.875. The fourth-order valence-corrected chi connectivity index (χ4v) is 5.08. The Labute approximate surface area is 99.2 Å². The first kappa shape index (κ1) is 11.9. The molecule has 0 radical (unpaired) electrons. The van der Waals surface area contributed by atoms with E-state index >= 15 is 0 Å². The minimum atomic E-state index is -2.99. The van der Waals surface area contributed by atoms with E-state index in [1.165, 1.54) is 11.3 Å². The Kier molecular flexibility index (Phi) is 3.56. The van der Waals surface area contributed by atoms with Gasteiger partial charge in [-0.15, -0.1) is 10.2 Å². The third-order valence-corrected chi connectivity index (χ3v) is 6.03. The summed E-state index contributed by atoms with van der Waals surface area (Å²) in [6, 6.07) is 0. The van der Waals surface area contributed by atoms with Crippen LogP contribution in [0, 0.1) is 0 Å². The van der Waals surface area contributed by atoms with Crippen LogP contribution in [0.3, 0.4) is 0 Å². The molecule has 0 saturated carbocycles. The molecule has 1 aromatic rings. The summed E-state index contributed by atoms with van der Waals surface area (Å²) in [5.74, 6) is 0.290. The van der Waals surface area contributed by atoms with E-state index in [0.717, 1.165) is 17.8 Å². The monoisotopic (exact) mass is 261 g/mol. The Morgan fingerprint density at radius 1 is 1.44 bits per heavy atom. The first-order valence-electron chi connectivity index (χ1n) is 5.32. The van der Waals surface area contributed by atoms with Crippen LogP contribution < -0.4 is 5.32 Å². The molecule has 2 rings (SSSR count). The van der Waals surface area contributed by atoms with Gasteiger partial charge in [-0.3, -0.25) is 0 Å². The molecule has 7 heteroatoms. The fourth-order valence-electron chi connectivity index (χ4n) is 1.85. The Bertz CT molecular complexity index is 455. The lowest BCUT2D eigenvalue weighted by Crippen LogP contribution is -2.21. The van der Waals surface area contributed by atoms with Crippen LogP contribution in [0.5, 0.6) is 0 Å². The highest BCUT2D eigenvalue weighted by molar-refractivity contribution is 7.91. The van der Waals surface area contributed by atoms with Crippen LogP contribution in [0.2, 0.25) is 0 Å². The van der Waals surface area contributed by atoms with Gasteiger partial charge in [0.1, 0.15) is 15.3 Å². The van der Waals surface area contributed by atoms with Crippen LogP contribution in [-0.2, 0) is 16.4 Å². The van der Waals surface area contributed by atoms with Gasteiger partial charge < -0.3 is 5.32 Å². The predicted molar refractivity (Wildman–Crippen MR) is 63.1 cm³/mol. The van der Waals surface area contributed by atoms with E-state index in [1.807, 2.05) is 7.05 Å². The van der Waals surface area contributed by atoms with Crippen molar-refractivity contribution in [1.29, 1.82) is 0 Å². The average Bonchev–Trinajstić information content (AvgIpc) is 2.66. The molecule has 16 heavy (non-hydrogen) atoms. The Hall–Kier alpha value is -0.530. The maximum Gasteiger partial charge on any atom is 0.159 e. The second-order valence-corrected chi connectivity index (χ2v) is 7.31. The van der Waals surface area contributed by atoms with Gasteiger partial charge in [0.2, 0.25) is 0 Å². The van der Waals surface area contributed by atoms with E-state index in [-0.39, 0.29) is 0 Å². The molecule has 0 amide bonds. The van der Waals surface area contributed by atoms with E-state index in [4.69, 9.17) is 0 Å². The van der Waals surface area contributed by atoms with Crippen molar-refractivity contribution < 1.29 is 8.42 Å². The summed E-state index contributed by atoms with van der Waals surface area (Å²) in [4.78, 5) is 0. The minimum Gasteiger partial charge on any atom is -0.313 e. The van der Waals surface area contributed by atoms with Gasteiger partial charge in [0.15, 0.2) is 9.84 Å². The molecule has 0 aliphatic carbocycles. The largest absolute Gasteiger partial charge is 0.313 e. The van der Waals surface area contributed by atoms with Gasteiger partial charge in [-0.2, -0.15) is 0 Å². The fraction of sp³-hybridized carbons (Fsp3) is 0.778. The van der Waals surface area contributed by atoms with Crippen molar-refractivity contribution in [2.45, 2.75) is 31.1 Å². The molecule has 1 saturated heterocycles. The summed E-state index contributed by atoms with van der Waals surface area (Å²) in [7, 11) is -1.16. The van der Waals surface area contributed by atoms with Gasteiger partial charge in [-0.25, -0.2) is 8.42 Å². The van der Waals surface area contributed by atoms with E-state index < -0.39 is 15.1 Å². The molecule has 1 aliphatic rings. The first-order chi connectivity index (χ1) is 7.63. The van der Waals surface area contributed by atoms with Crippen molar-refractivity contribution in [2.75, 3.05) is 12.8 Å². The molecule has 1 aliphatic heterocycles. The molecule has 1 atom stereocenters. The number of hydrogen-bond acceptors (Lipinski definition) is 6. The SMILES string of the molecule is CNCc1nnc(C2CCCCS2(=O)=O)s1. The number of nitrogens with zero attached hydrogens (tertiary/aromatic N) is 2. The summed E-state index contributed by atoms with van der Waals surface area (Å²) < 4.78 is 23.7. The topological polar surface area (TPSA) is 72.0 Å². The summed E-state index contributed by atoms with van der Waals surface area (Å²) in [6.07, 6.45) is 2.43. The molecule has 0 aromatic carbocycles. The van der Waals surface area contributed by atoms with Crippen LogP contribution in [0.4, 0.5) is 0 Å². The maximum absolute atomic E-state index is 11.9. The number of aromatic nitrogens is 2. The maximum atomic E-state index is 11.9. The van der Waals surface area contributed by atoms with Crippen molar-refractivity contribution >= 4 is 21.2 Å². The summed E-state index contributed by atoms with van der Waals surface area (Å²) in [6.45, 7) is 0.643. The predicted octanol–water partition coefficient (Wildman–Crippen LogP) is 0.897. The van der Waals surface area contributed by atoms with E-state index in [0.29, 0.717) is 23.7 Å². The summed E-state index contributed by atoms with van der Waals surface area (Å²) >= 11 is 1.40. The molecular formula is C9H15N3O2S2. The second kappa shape index (κ2) is 4.77. The molecule has 5 nitrogen and oxygen atoms in total. The first-order valence-corrected chi connectivity index (χ1v) is 7.85. The molecule has 1 aromatic heterocycles. The molecule has 2 heterocycles. The zero-order valence-electron chi connectivity index (χ0n) is 9.14. The minimum absolute atomic E-state index is 0.290. The highest BCUT2D eigenvalue weighted by Crippen LogP contribution is 2.34. The average molecular weight is 261 g/mol. The Balaban J connectivity index is 2.22. The Morgan fingerprint density at radius 2 is 2.25 bits per heavy atom. The molecule has 1 fully saturated rings. The van der Waals surface area contributed by atoms with Crippen molar-refractivity contribution in [3.05, 3.63) is 10.0 Å². The number of rotatable bonds is 3. The summed E-state index contributed by atoms with van der Waals surface area (Å²) in [5.41, 5.74) is 0. The molecule has 1 unspecified atom stereocenters. The number of hydrogen-bond donors (Lipinski definition) is 1. The lowest BCUT2D eigenvalue weighted by molar-refractivity contribution is 0.544. The number of nitrogens with one attached hydrogen (secondary N) is 1. The van der Waals surface area contributed by atoms with Gasteiger partial charge in [0, 0.05) is 6.54 Å². The van der Waals surface area contributed by atoms with Crippen LogP contribution >= 0.6 is 11.3 Å². The van der Waals surface area contributed by atoms with E-state index in [1.54, 1.807) is 0 Å². The van der Waals surface area contributed by atoms with Crippen molar-refractivity contribution in [1.82, 2.24) is 15.5 Å². The van der Waals surface area contributed by atoms with E-state index in [9.17, 15) is 8.42 Å². The zero-order chi connectivity index (χ0) is 11.6.